The Morgan fingerprint density at radius 2 is 1.42 bits per heavy atom. The number of carbonyl (C=O) groups excluding carboxylic acids is 2. The lowest BCUT2D eigenvalue weighted by Gasteiger charge is -2.35. The highest BCUT2D eigenvalue weighted by Crippen LogP contribution is 2.33. The van der Waals surface area contributed by atoms with Crippen LogP contribution in [-0.4, -0.2) is 72.3 Å². The third-order valence-corrected chi connectivity index (χ3v) is 7.47. The van der Waals surface area contributed by atoms with Crippen LogP contribution in [0.5, 0.6) is 0 Å². The fraction of sp³-hybridized carbons (Fsp3) is 0.423. The monoisotopic (exact) mass is 462 g/mol. The van der Waals surface area contributed by atoms with E-state index >= 15 is 0 Å². The van der Waals surface area contributed by atoms with Gasteiger partial charge in [-0.1, -0.05) is 48.9 Å². The summed E-state index contributed by atoms with van der Waals surface area (Å²) in [7, 11) is 0. The number of rotatable bonds is 5. The molecule has 0 bridgehead atoms. The summed E-state index contributed by atoms with van der Waals surface area (Å²) in [6, 6.07) is 17.3. The summed E-state index contributed by atoms with van der Waals surface area (Å²) >= 11 is 1.45. The van der Waals surface area contributed by atoms with Gasteiger partial charge in [0, 0.05) is 49.1 Å². The minimum atomic E-state index is 0.00559. The molecule has 2 saturated heterocycles. The second-order valence-electron chi connectivity index (χ2n) is 8.57. The topological polar surface area (TPSA) is 67.6 Å². The van der Waals surface area contributed by atoms with Crippen molar-refractivity contribution in [3.05, 3.63) is 59.7 Å². The van der Waals surface area contributed by atoms with Gasteiger partial charge in [0.05, 0.1) is 17.7 Å². The number of nitriles is 1. The first-order chi connectivity index (χ1) is 16.2. The third kappa shape index (κ3) is 5.95. The van der Waals surface area contributed by atoms with Crippen molar-refractivity contribution in [3.63, 3.8) is 0 Å². The Hall–Kier alpha value is -2.82. The smallest absolute Gasteiger partial charge is 0.255 e. The van der Waals surface area contributed by atoms with Gasteiger partial charge in [0.25, 0.3) is 5.91 Å². The predicted octanol–water partition coefficient (Wildman–Crippen LogP) is 3.87. The van der Waals surface area contributed by atoms with Crippen LogP contribution >= 0.6 is 11.8 Å². The van der Waals surface area contributed by atoms with Gasteiger partial charge in [0.2, 0.25) is 5.91 Å². The lowest BCUT2D eigenvalue weighted by molar-refractivity contribution is -0.132. The minimum Gasteiger partial charge on any atom is -0.342 e. The van der Waals surface area contributed by atoms with Crippen molar-refractivity contribution in [3.8, 4) is 6.07 Å². The van der Waals surface area contributed by atoms with E-state index in [0.717, 1.165) is 35.7 Å². The molecule has 6 nitrogen and oxygen atoms in total. The van der Waals surface area contributed by atoms with Crippen LogP contribution in [0.25, 0.3) is 0 Å². The zero-order valence-electron chi connectivity index (χ0n) is 18.9. The molecule has 0 saturated carbocycles. The van der Waals surface area contributed by atoms with Gasteiger partial charge in [-0.05, 0) is 37.1 Å². The van der Waals surface area contributed by atoms with Gasteiger partial charge in [0.1, 0.15) is 6.07 Å². The van der Waals surface area contributed by atoms with Gasteiger partial charge in [0.15, 0.2) is 0 Å². The SMILES string of the molecule is N#Cc1ccccc1Sc1ccccc1C(=O)N1CCN(CC(=O)N2CCCCCC2)CC1. The van der Waals surface area contributed by atoms with Gasteiger partial charge in [-0.3, -0.25) is 14.5 Å². The van der Waals surface area contributed by atoms with E-state index in [1.54, 1.807) is 6.07 Å². The molecule has 0 spiro atoms. The second kappa shape index (κ2) is 11.4. The molecule has 172 valence electrons. The molecule has 2 aliphatic heterocycles. The van der Waals surface area contributed by atoms with Gasteiger partial charge < -0.3 is 9.80 Å². The van der Waals surface area contributed by atoms with Crippen molar-refractivity contribution in [1.82, 2.24) is 14.7 Å². The Bertz CT molecular complexity index is 1020. The van der Waals surface area contributed by atoms with Crippen LogP contribution in [0, 0.1) is 11.3 Å². The highest BCUT2D eigenvalue weighted by molar-refractivity contribution is 7.99. The first-order valence-corrected chi connectivity index (χ1v) is 12.5. The van der Waals surface area contributed by atoms with Gasteiger partial charge in [-0.15, -0.1) is 0 Å². The highest BCUT2D eigenvalue weighted by atomic mass is 32.2. The highest BCUT2D eigenvalue weighted by Gasteiger charge is 2.26. The zero-order valence-corrected chi connectivity index (χ0v) is 19.7. The molecule has 0 aliphatic carbocycles. The Labute approximate surface area is 200 Å². The van der Waals surface area contributed by atoms with Crippen LogP contribution in [0.1, 0.15) is 41.6 Å². The number of likely N-dealkylation sites (tertiary alicyclic amines) is 1. The molecule has 2 aromatic rings. The van der Waals surface area contributed by atoms with Crippen molar-refractivity contribution >= 4 is 23.6 Å². The molecule has 0 N–H and O–H groups in total. The van der Waals surface area contributed by atoms with Crippen molar-refractivity contribution in [2.75, 3.05) is 45.8 Å². The average molecular weight is 463 g/mol. The summed E-state index contributed by atoms with van der Waals surface area (Å²) in [5.74, 6) is 0.223. The van der Waals surface area contributed by atoms with Crippen LogP contribution in [0.15, 0.2) is 58.3 Å². The number of carbonyl (C=O) groups is 2. The maximum Gasteiger partial charge on any atom is 0.255 e. The molecule has 2 fully saturated rings. The third-order valence-electron chi connectivity index (χ3n) is 6.32. The Balaban J connectivity index is 1.36. The van der Waals surface area contributed by atoms with E-state index < -0.39 is 0 Å². The van der Waals surface area contributed by atoms with E-state index in [1.165, 1.54) is 24.6 Å². The number of benzene rings is 2. The van der Waals surface area contributed by atoms with Crippen LogP contribution in [-0.2, 0) is 4.79 Å². The number of hydrogen-bond acceptors (Lipinski definition) is 5. The summed E-state index contributed by atoms with van der Waals surface area (Å²) in [5.41, 5.74) is 1.26. The summed E-state index contributed by atoms with van der Waals surface area (Å²) in [6.45, 7) is 4.83. The molecular formula is C26H30N4O2S. The Morgan fingerprint density at radius 3 is 2.12 bits per heavy atom. The van der Waals surface area contributed by atoms with Crippen LogP contribution < -0.4 is 0 Å². The van der Waals surface area contributed by atoms with Crippen molar-refractivity contribution < 1.29 is 9.59 Å². The van der Waals surface area contributed by atoms with Crippen LogP contribution in [0.3, 0.4) is 0 Å². The molecule has 0 aromatic heterocycles. The quantitative estimate of drug-likeness (QED) is 0.675. The normalized spacial score (nSPS) is 17.3. The number of nitrogens with zero attached hydrogens (tertiary/aromatic N) is 4. The van der Waals surface area contributed by atoms with E-state index in [1.807, 2.05) is 52.3 Å². The van der Waals surface area contributed by atoms with Crippen LogP contribution in [0.2, 0.25) is 0 Å². The first-order valence-electron chi connectivity index (χ1n) is 11.7. The maximum atomic E-state index is 13.3. The first kappa shape index (κ1) is 23.3. The summed E-state index contributed by atoms with van der Waals surface area (Å²) in [5, 5.41) is 9.39. The molecule has 4 rings (SSSR count). The fourth-order valence-electron chi connectivity index (χ4n) is 4.39. The van der Waals surface area contributed by atoms with E-state index in [2.05, 4.69) is 11.0 Å². The molecule has 0 radical (unpaired) electrons. The molecule has 0 atom stereocenters. The molecule has 2 aromatic carbocycles. The van der Waals surface area contributed by atoms with Gasteiger partial charge in [-0.2, -0.15) is 5.26 Å². The van der Waals surface area contributed by atoms with E-state index in [0.29, 0.717) is 43.9 Å². The largest absolute Gasteiger partial charge is 0.342 e. The Kier molecular flexibility index (Phi) is 8.03. The summed E-state index contributed by atoms with van der Waals surface area (Å²) < 4.78 is 0. The Morgan fingerprint density at radius 1 is 0.788 bits per heavy atom. The zero-order chi connectivity index (χ0) is 23.0. The van der Waals surface area contributed by atoms with E-state index in [9.17, 15) is 14.9 Å². The molecule has 0 unspecified atom stereocenters. The fourth-order valence-corrected chi connectivity index (χ4v) is 5.41. The molecule has 33 heavy (non-hydrogen) atoms. The maximum absolute atomic E-state index is 13.3. The standard InChI is InChI=1S/C26H30N4O2S/c27-19-21-9-3-5-11-23(21)33-24-12-6-4-10-22(24)26(32)30-17-15-28(16-18-30)20-25(31)29-13-7-1-2-8-14-29/h3-6,9-12H,1-2,7-8,13-18,20H2. The average Bonchev–Trinajstić information content (AvgIpc) is 3.15. The number of piperazine rings is 1. The second-order valence-corrected chi connectivity index (χ2v) is 9.65. The lowest BCUT2D eigenvalue weighted by atomic mass is 10.1. The van der Waals surface area contributed by atoms with Gasteiger partial charge >= 0.3 is 0 Å². The lowest BCUT2D eigenvalue weighted by Crippen LogP contribution is -2.51. The van der Waals surface area contributed by atoms with Crippen molar-refractivity contribution in [2.24, 2.45) is 0 Å². The molecule has 7 heteroatoms. The number of amides is 2. The van der Waals surface area contributed by atoms with Crippen molar-refractivity contribution in [2.45, 2.75) is 35.5 Å². The predicted molar refractivity (Wildman–Crippen MR) is 129 cm³/mol. The van der Waals surface area contributed by atoms with Crippen LogP contribution in [0.4, 0.5) is 0 Å². The molecular weight excluding hydrogens is 432 g/mol. The minimum absolute atomic E-state index is 0.00559. The van der Waals surface area contributed by atoms with E-state index in [4.69, 9.17) is 0 Å². The van der Waals surface area contributed by atoms with Crippen molar-refractivity contribution in [1.29, 1.82) is 5.26 Å². The summed E-state index contributed by atoms with van der Waals surface area (Å²) in [4.78, 5) is 33.8. The molecule has 2 amide bonds. The molecule has 2 aliphatic rings. The summed E-state index contributed by atoms with van der Waals surface area (Å²) in [6.07, 6.45) is 4.63. The van der Waals surface area contributed by atoms with Gasteiger partial charge in [-0.25, -0.2) is 0 Å². The number of hydrogen-bond donors (Lipinski definition) is 0. The van der Waals surface area contributed by atoms with E-state index in [-0.39, 0.29) is 11.8 Å². The molecule has 2 heterocycles.